The number of furan rings is 2. The molecule has 0 unspecified atom stereocenters. The number of rotatable bonds is 6. The van der Waals surface area contributed by atoms with Crippen LogP contribution >= 0.6 is 0 Å². The molecule has 0 N–H and O–H groups in total. The third kappa shape index (κ3) is 5.51. The number of fused-ring (bicyclic) bond motifs is 9. The Morgan fingerprint density at radius 3 is 1.76 bits per heavy atom. The lowest BCUT2D eigenvalue weighted by Gasteiger charge is -2.26. The quantitative estimate of drug-likeness (QED) is 0.169. The maximum Gasteiger partial charge on any atom is 0.143 e. The molecule has 0 saturated carbocycles. The van der Waals surface area contributed by atoms with Crippen LogP contribution in [0.15, 0.2) is 221 Å². The highest BCUT2D eigenvalue weighted by atomic mass is 16.3. The fourth-order valence-corrected chi connectivity index (χ4v) is 8.68. The molecule has 0 bridgehead atoms. The molecule has 0 aliphatic rings. The molecule has 0 fully saturated rings. The van der Waals surface area contributed by atoms with Crippen molar-refractivity contribution in [2.45, 2.75) is 0 Å². The molecule has 0 aliphatic carbocycles. The van der Waals surface area contributed by atoms with E-state index >= 15 is 0 Å². The molecule has 2 aromatic heterocycles. The van der Waals surface area contributed by atoms with Gasteiger partial charge in [0.25, 0.3) is 0 Å². The predicted octanol–water partition coefficient (Wildman–Crippen LogP) is 16.3. The summed E-state index contributed by atoms with van der Waals surface area (Å²) >= 11 is 0. The second kappa shape index (κ2) is 13.4. The number of hydrogen-bond donors (Lipinski definition) is 0. The zero-order valence-corrected chi connectivity index (χ0v) is 31.7. The van der Waals surface area contributed by atoms with Crippen LogP contribution in [0.2, 0.25) is 0 Å². The summed E-state index contributed by atoms with van der Waals surface area (Å²) in [5.41, 5.74) is 9.34. The van der Waals surface area contributed by atoms with Gasteiger partial charge in [-0.15, -0.1) is 0 Å². The van der Waals surface area contributed by atoms with Crippen molar-refractivity contribution in [3.05, 3.63) is 212 Å². The summed E-state index contributed by atoms with van der Waals surface area (Å²) in [6, 6.07) is 62.3. The van der Waals surface area contributed by atoms with Crippen molar-refractivity contribution in [1.29, 1.82) is 0 Å². The fourth-order valence-electron chi connectivity index (χ4n) is 8.68. The number of nitrogens with zero attached hydrogens (tertiary/aromatic N) is 1. The Kier molecular flexibility index (Phi) is 6.65. The molecule has 0 aliphatic heterocycles. The van der Waals surface area contributed by atoms with Gasteiger partial charge < -0.3 is 13.7 Å². The van der Waals surface area contributed by atoms with E-state index in [0.717, 1.165) is 60.2 Å². The van der Waals surface area contributed by atoms with Crippen molar-refractivity contribution in [2.24, 2.45) is 0 Å². The highest BCUT2D eigenvalue weighted by molar-refractivity contribution is 6.19. The average molecular weight is 758 g/mol. The molecule has 0 atom stereocenters. The Balaban J connectivity index is 1.02. The Bertz CT molecular complexity index is 3760. The average Bonchev–Trinajstić information content (AvgIpc) is 3.91. The zero-order valence-electron chi connectivity index (χ0n) is 35.7. The van der Waals surface area contributed by atoms with Gasteiger partial charge in [-0.1, -0.05) is 152 Å². The molecule has 12 aromatic rings. The topological polar surface area (TPSA) is 29.5 Å². The Labute approximate surface area is 346 Å². The predicted molar refractivity (Wildman–Crippen MR) is 247 cm³/mol. The van der Waals surface area contributed by atoms with E-state index in [1.54, 1.807) is 0 Å². The van der Waals surface area contributed by atoms with Crippen molar-refractivity contribution in [1.82, 2.24) is 0 Å². The molecule has 59 heavy (non-hydrogen) atoms. The SMILES string of the molecule is [2H]c1c([2H])c(N(c2ccc(-c3ccc(-c4cccc5ccccc45)cc3)cc2)c2cccc3oc4c5ccccc5ccc4c23)c([2H])c([2H])c1-c1ccc2c(c1)oc1ccccc12. The molecule has 0 saturated heterocycles. The smallest absolute Gasteiger partial charge is 0.143 e. The minimum atomic E-state index is -0.168. The maximum absolute atomic E-state index is 9.68. The van der Waals surface area contributed by atoms with E-state index < -0.39 is 0 Å². The minimum absolute atomic E-state index is 0.133. The summed E-state index contributed by atoms with van der Waals surface area (Å²) in [4.78, 5) is 1.85. The van der Waals surface area contributed by atoms with Crippen molar-refractivity contribution in [3.63, 3.8) is 0 Å². The molecule has 3 nitrogen and oxygen atoms in total. The molecule has 276 valence electrons. The van der Waals surface area contributed by atoms with Gasteiger partial charge in [0.15, 0.2) is 0 Å². The third-order valence-electron chi connectivity index (χ3n) is 11.6. The van der Waals surface area contributed by atoms with Gasteiger partial charge in [-0.2, -0.15) is 0 Å². The van der Waals surface area contributed by atoms with E-state index in [4.69, 9.17) is 8.83 Å². The summed E-state index contributed by atoms with van der Waals surface area (Å²) in [7, 11) is 0. The van der Waals surface area contributed by atoms with Crippen molar-refractivity contribution >= 4 is 82.5 Å². The summed E-state index contributed by atoms with van der Waals surface area (Å²) < 4.78 is 51.2. The van der Waals surface area contributed by atoms with Crippen molar-refractivity contribution in [3.8, 4) is 33.4 Å². The van der Waals surface area contributed by atoms with Crippen LogP contribution in [-0.2, 0) is 0 Å². The van der Waals surface area contributed by atoms with Crippen LogP contribution in [0.4, 0.5) is 17.1 Å². The van der Waals surface area contributed by atoms with Crippen LogP contribution < -0.4 is 4.90 Å². The van der Waals surface area contributed by atoms with Crippen LogP contribution in [-0.4, -0.2) is 0 Å². The Morgan fingerprint density at radius 2 is 0.949 bits per heavy atom. The number of hydrogen-bond acceptors (Lipinski definition) is 3. The number of anilines is 3. The fraction of sp³-hybridized carbons (Fsp3) is 0. The summed E-state index contributed by atoms with van der Waals surface area (Å²) in [5, 5.41) is 8.04. The van der Waals surface area contributed by atoms with Gasteiger partial charge in [0.2, 0.25) is 0 Å². The molecule has 0 radical (unpaired) electrons. The van der Waals surface area contributed by atoms with Crippen LogP contribution in [0.1, 0.15) is 5.48 Å². The van der Waals surface area contributed by atoms with Crippen LogP contribution in [0, 0.1) is 0 Å². The highest BCUT2D eigenvalue weighted by Crippen LogP contribution is 2.45. The lowest BCUT2D eigenvalue weighted by Crippen LogP contribution is -2.10. The van der Waals surface area contributed by atoms with Gasteiger partial charge in [-0.3, -0.25) is 0 Å². The largest absolute Gasteiger partial charge is 0.456 e. The van der Waals surface area contributed by atoms with E-state index in [0.29, 0.717) is 28.1 Å². The maximum atomic E-state index is 9.68. The second-order valence-electron chi connectivity index (χ2n) is 14.9. The Hall–Kier alpha value is -7.88. The normalized spacial score (nSPS) is 12.7. The molecule has 2 heterocycles. The van der Waals surface area contributed by atoms with Crippen molar-refractivity contribution < 1.29 is 14.3 Å². The molecular weight excluding hydrogens is 719 g/mol. The second-order valence-corrected chi connectivity index (χ2v) is 14.9. The Morgan fingerprint density at radius 1 is 0.356 bits per heavy atom. The van der Waals surface area contributed by atoms with Gasteiger partial charge in [0, 0.05) is 32.9 Å². The molecule has 0 spiro atoms. The first-order valence-electron chi connectivity index (χ1n) is 21.7. The molecule has 12 rings (SSSR count). The van der Waals surface area contributed by atoms with E-state index in [1.807, 2.05) is 102 Å². The molecular formula is C56H35NO2. The van der Waals surface area contributed by atoms with E-state index in [2.05, 4.69) is 91.0 Å². The van der Waals surface area contributed by atoms with Crippen LogP contribution in [0.3, 0.4) is 0 Å². The molecule has 0 amide bonds. The first-order valence-corrected chi connectivity index (χ1v) is 19.7. The first kappa shape index (κ1) is 29.4. The van der Waals surface area contributed by atoms with E-state index in [9.17, 15) is 5.48 Å². The summed E-state index contributed by atoms with van der Waals surface area (Å²) in [6.45, 7) is 0. The number of para-hydroxylation sites is 1. The van der Waals surface area contributed by atoms with Gasteiger partial charge >= 0.3 is 0 Å². The first-order chi connectivity index (χ1) is 30.9. The summed E-state index contributed by atoms with van der Waals surface area (Å²) in [6.07, 6.45) is 0. The van der Waals surface area contributed by atoms with Gasteiger partial charge in [0.05, 0.1) is 16.6 Å². The third-order valence-corrected chi connectivity index (χ3v) is 11.6. The lowest BCUT2D eigenvalue weighted by atomic mass is 9.96. The molecule has 3 heteroatoms. The van der Waals surface area contributed by atoms with E-state index in [-0.39, 0.29) is 35.4 Å². The number of benzene rings is 10. The van der Waals surface area contributed by atoms with E-state index in [1.165, 1.54) is 16.3 Å². The van der Waals surface area contributed by atoms with Crippen LogP contribution in [0.5, 0.6) is 0 Å². The van der Waals surface area contributed by atoms with Crippen LogP contribution in [0.25, 0.3) is 98.8 Å². The monoisotopic (exact) mass is 757 g/mol. The molecule has 10 aromatic carbocycles. The standard InChI is InChI=1S/C56H35NO2/c1-3-12-45-39(9-1)11-7-15-46(45)41-21-19-36(20-22-41)37-23-29-43(30-24-37)57(51-16-8-18-53-55(51)50-34-27-40-10-2-4-13-47(40)56(50)59-53)44-31-25-38(26-32-44)42-28-33-49-48-14-5-6-17-52(48)58-54(49)35-42/h1-35H/i25D,26D,31D,32D. The minimum Gasteiger partial charge on any atom is -0.456 e. The van der Waals surface area contributed by atoms with Crippen molar-refractivity contribution in [2.75, 3.05) is 4.90 Å². The van der Waals surface area contributed by atoms with Gasteiger partial charge in [-0.25, -0.2) is 0 Å². The van der Waals surface area contributed by atoms with Gasteiger partial charge in [-0.05, 0) is 110 Å². The van der Waals surface area contributed by atoms with Gasteiger partial charge in [0.1, 0.15) is 22.3 Å². The zero-order chi connectivity index (χ0) is 42.3. The summed E-state index contributed by atoms with van der Waals surface area (Å²) in [5.74, 6) is 0. The lowest BCUT2D eigenvalue weighted by molar-refractivity contribution is 0.669. The highest BCUT2D eigenvalue weighted by Gasteiger charge is 2.21.